The topological polar surface area (TPSA) is 108 Å². The van der Waals surface area contributed by atoms with Crippen LogP contribution in [0.4, 0.5) is 11.4 Å². The third kappa shape index (κ3) is 3.80. The summed E-state index contributed by atoms with van der Waals surface area (Å²) in [5, 5.41) is 7.54. The summed E-state index contributed by atoms with van der Waals surface area (Å²) in [5.41, 5.74) is 0.664. The third-order valence-corrected chi connectivity index (χ3v) is 2.33. The first-order valence-corrected chi connectivity index (χ1v) is 5.78. The maximum absolute atomic E-state index is 11.7. The lowest BCUT2D eigenvalue weighted by Gasteiger charge is -2.05. The second-order valence-corrected chi connectivity index (χ2v) is 4.08. The zero-order chi connectivity index (χ0) is 14.5. The van der Waals surface area contributed by atoms with Crippen LogP contribution in [0.5, 0.6) is 0 Å². The van der Waals surface area contributed by atoms with Gasteiger partial charge >= 0.3 is 5.63 Å². The molecule has 1 aromatic carbocycles. The second-order valence-electron chi connectivity index (χ2n) is 4.08. The Labute approximate surface area is 113 Å². The van der Waals surface area contributed by atoms with Gasteiger partial charge in [-0.05, 0) is 29.5 Å². The minimum Gasteiger partial charge on any atom is -0.326 e. The van der Waals surface area contributed by atoms with Crippen LogP contribution in [0.3, 0.4) is 0 Å². The molecule has 1 heterocycles. The minimum absolute atomic E-state index is 0.0703. The number of H-pyrrole nitrogens is 1. The molecule has 1 aromatic heterocycles. The van der Waals surface area contributed by atoms with Crippen LogP contribution in [-0.4, -0.2) is 17.1 Å². The number of anilines is 2. The summed E-state index contributed by atoms with van der Waals surface area (Å²) in [5.74, 6) is -0.485. The smallest absolute Gasteiger partial charge is 0.326 e. The van der Waals surface area contributed by atoms with Crippen LogP contribution in [0.15, 0.2) is 39.8 Å². The van der Waals surface area contributed by atoms with Crippen molar-refractivity contribution >= 4 is 23.2 Å². The SMILES string of the molecule is CC(=O)Nc1ccc(NC(=O)C[n+]2cc(=O)o[nH]2)cc1. The van der Waals surface area contributed by atoms with Gasteiger partial charge in [0, 0.05) is 18.3 Å². The van der Waals surface area contributed by atoms with E-state index in [1.54, 1.807) is 24.3 Å². The Bertz CT molecular complexity index is 671. The fourth-order valence-electron chi connectivity index (χ4n) is 1.56. The van der Waals surface area contributed by atoms with E-state index < -0.39 is 5.63 Å². The van der Waals surface area contributed by atoms with Crippen molar-refractivity contribution in [2.45, 2.75) is 13.5 Å². The van der Waals surface area contributed by atoms with Crippen molar-refractivity contribution in [3.63, 3.8) is 0 Å². The molecule has 0 saturated heterocycles. The average molecular weight is 277 g/mol. The third-order valence-electron chi connectivity index (χ3n) is 2.33. The van der Waals surface area contributed by atoms with Crippen LogP contribution in [-0.2, 0) is 16.1 Å². The van der Waals surface area contributed by atoms with Crippen molar-refractivity contribution in [2.75, 3.05) is 10.6 Å². The van der Waals surface area contributed by atoms with Gasteiger partial charge in [0.2, 0.25) is 5.91 Å². The molecule has 2 amide bonds. The van der Waals surface area contributed by atoms with Crippen LogP contribution < -0.4 is 20.9 Å². The highest BCUT2D eigenvalue weighted by Crippen LogP contribution is 2.13. The van der Waals surface area contributed by atoms with Gasteiger partial charge in [0.15, 0.2) is 0 Å². The summed E-state index contributed by atoms with van der Waals surface area (Å²) in [4.78, 5) is 33.3. The largest absolute Gasteiger partial charge is 0.426 e. The highest BCUT2D eigenvalue weighted by atomic mass is 16.5. The molecule has 2 rings (SSSR count). The lowest BCUT2D eigenvalue weighted by Crippen LogP contribution is -2.41. The normalized spacial score (nSPS) is 10.1. The number of nitrogens with one attached hydrogen (secondary N) is 3. The number of hydrogen-bond acceptors (Lipinski definition) is 4. The molecule has 0 aliphatic rings. The lowest BCUT2D eigenvalue weighted by atomic mass is 10.2. The molecule has 0 saturated carbocycles. The predicted octanol–water partition coefficient (Wildman–Crippen LogP) is -0.148. The Kier molecular flexibility index (Phi) is 3.94. The van der Waals surface area contributed by atoms with Gasteiger partial charge in [-0.3, -0.25) is 14.1 Å². The average Bonchev–Trinajstić information content (AvgIpc) is 2.76. The molecular formula is C12H13N4O4+. The monoisotopic (exact) mass is 277 g/mol. The molecule has 0 fully saturated rings. The van der Waals surface area contributed by atoms with Gasteiger partial charge in [-0.25, -0.2) is 4.79 Å². The van der Waals surface area contributed by atoms with Gasteiger partial charge in [0.25, 0.3) is 18.6 Å². The van der Waals surface area contributed by atoms with E-state index in [-0.39, 0.29) is 18.4 Å². The van der Waals surface area contributed by atoms with E-state index in [9.17, 15) is 14.4 Å². The highest BCUT2D eigenvalue weighted by molar-refractivity contribution is 5.91. The summed E-state index contributed by atoms with van der Waals surface area (Å²) in [6.07, 6.45) is 1.14. The Morgan fingerprint density at radius 3 is 2.30 bits per heavy atom. The molecule has 20 heavy (non-hydrogen) atoms. The van der Waals surface area contributed by atoms with Crippen molar-refractivity contribution in [3.05, 3.63) is 40.9 Å². The van der Waals surface area contributed by atoms with E-state index in [0.717, 1.165) is 6.20 Å². The predicted molar refractivity (Wildman–Crippen MR) is 68.9 cm³/mol. The van der Waals surface area contributed by atoms with E-state index in [1.165, 1.54) is 11.6 Å². The van der Waals surface area contributed by atoms with Gasteiger partial charge < -0.3 is 10.6 Å². The van der Waals surface area contributed by atoms with E-state index in [2.05, 4.69) is 20.4 Å². The molecule has 0 radical (unpaired) electrons. The molecule has 8 heteroatoms. The number of carbonyl (C=O) groups is 2. The van der Waals surface area contributed by atoms with Crippen LogP contribution in [0.1, 0.15) is 6.92 Å². The summed E-state index contributed by atoms with van der Waals surface area (Å²) < 4.78 is 5.66. The molecule has 0 aliphatic heterocycles. The van der Waals surface area contributed by atoms with Gasteiger partial charge in [-0.15, -0.1) is 0 Å². The number of amides is 2. The zero-order valence-corrected chi connectivity index (χ0v) is 10.7. The fourth-order valence-corrected chi connectivity index (χ4v) is 1.56. The van der Waals surface area contributed by atoms with Crippen molar-refractivity contribution < 1.29 is 18.8 Å². The molecule has 2 aromatic rings. The minimum atomic E-state index is -0.558. The first-order chi connectivity index (χ1) is 9.52. The number of benzene rings is 1. The van der Waals surface area contributed by atoms with Gasteiger partial charge in [0.1, 0.15) is 0 Å². The Hall–Kier alpha value is -2.90. The molecule has 0 unspecified atom stereocenters. The van der Waals surface area contributed by atoms with Crippen molar-refractivity contribution in [3.8, 4) is 0 Å². The van der Waals surface area contributed by atoms with E-state index in [4.69, 9.17) is 0 Å². The number of nitrogens with zero attached hydrogens (tertiary/aromatic N) is 1. The molecule has 104 valence electrons. The summed E-state index contributed by atoms with van der Waals surface area (Å²) in [6, 6.07) is 6.66. The van der Waals surface area contributed by atoms with E-state index in [1.807, 2.05) is 0 Å². The molecule has 3 N–H and O–H groups in total. The number of hydrogen-bond donors (Lipinski definition) is 3. The second kappa shape index (κ2) is 5.83. The standard InChI is InChI=1S/C12H12N4O4/c1-8(17)13-9-2-4-10(5-3-9)14-11(18)6-16-7-12(19)20-15-16/h2-5,7,15,19H,6H2,1H3/p+1. The number of carbonyl (C=O) groups excluding carboxylic acids is 2. The Morgan fingerprint density at radius 1 is 1.20 bits per heavy atom. The maximum Gasteiger partial charge on any atom is 0.426 e. The van der Waals surface area contributed by atoms with Crippen LogP contribution in [0.2, 0.25) is 0 Å². The van der Waals surface area contributed by atoms with Crippen LogP contribution in [0, 0.1) is 0 Å². The number of aromatic nitrogens is 2. The molecular weight excluding hydrogens is 264 g/mol. The number of rotatable bonds is 4. The van der Waals surface area contributed by atoms with Crippen LogP contribution in [0.25, 0.3) is 0 Å². The fraction of sp³-hybridized carbons (Fsp3) is 0.167. The number of aromatic amines is 1. The molecule has 0 atom stereocenters. The maximum atomic E-state index is 11.7. The molecule has 8 nitrogen and oxygen atoms in total. The van der Waals surface area contributed by atoms with Crippen molar-refractivity contribution in [2.24, 2.45) is 0 Å². The molecule has 0 bridgehead atoms. The van der Waals surface area contributed by atoms with E-state index in [0.29, 0.717) is 11.4 Å². The van der Waals surface area contributed by atoms with Gasteiger partial charge in [-0.2, -0.15) is 0 Å². The summed E-state index contributed by atoms with van der Waals surface area (Å²) >= 11 is 0. The highest BCUT2D eigenvalue weighted by Gasteiger charge is 2.12. The Morgan fingerprint density at radius 2 is 1.80 bits per heavy atom. The Balaban J connectivity index is 1.94. The quantitative estimate of drug-likeness (QED) is 0.675. The summed E-state index contributed by atoms with van der Waals surface area (Å²) in [7, 11) is 0. The van der Waals surface area contributed by atoms with E-state index >= 15 is 0 Å². The molecule has 0 aliphatic carbocycles. The summed E-state index contributed by atoms with van der Waals surface area (Å²) in [6.45, 7) is 1.35. The lowest BCUT2D eigenvalue weighted by molar-refractivity contribution is -0.750. The van der Waals surface area contributed by atoms with Gasteiger partial charge in [0.05, 0.1) is 0 Å². The van der Waals surface area contributed by atoms with Gasteiger partial charge in [-0.1, -0.05) is 4.68 Å². The van der Waals surface area contributed by atoms with Crippen LogP contribution >= 0.6 is 0 Å². The molecule has 0 spiro atoms. The van der Waals surface area contributed by atoms with Crippen molar-refractivity contribution in [1.82, 2.24) is 5.27 Å². The first-order valence-electron chi connectivity index (χ1n) is 5.78. The first kappa shape index (κ1) is 13.5. The zero-order valence-electron chi connectivity index (χ0n) is 10.7. The van der Waals surface area contributed by atoms with Crippen molar-refractivity contribution in [1.29, 1.82) is 0 Å².